The maximum absolute atomic E-state index is 11.6. The molecule has 0 heterocycles. The molecule has 17 heavy (non-hydrogen) atoms. The van der Waals surface area contributed by atoms with Gasteiger partial charge in [0.05, 0.1) is 12.0 Å². The first kappa shape index (κ1) is 14.0. The molecule has 0 unspecified atom stereocenters. The molecule has 5 heteroatoms. The van der Waals surface area contributed by atoms with Gasteiger partial charge in [0.1, 0.15) is 0 Å². The van der Waals surface area contributed by atoms with E-state index in [-0.39, 0.29) is 12.3 Å². The molecular formula is C12H21NO4. The van der Waals surface area contributed by atoms with E-state index < -0.39 is 11.4 Å². The molecule has 0 bridgehead atoms. The summed E-state index contributed by atoms with van der Waals surface area (Å²) in [5.41, 5.74) is -0.824. The van der Waals surface area contributed by atoms with E-state index in [1.165, 1.54) is 0 Å². The molecule has 1 aliphatic carbocycles. The number of aliphatic carboxylic acids is 1. The van der Waals surface area contributed by atoms with Gasteiger partial charge in [-0.05, 0) is 19.8 Å². The van der Waals surface area contributed by atoms with Gasteiger partial charge in [-0.15, -0.1) is 0 Å². The van der Waals surface area contributed by atoms with E-state index in [0.717, 1.165) is 12.8 Å². The van der Waals surface area contributed by atoms with E-state index in [1.807, 2.05) is 6.92 Å². The van der Waals surface area contributed by atoms with Gasteiger partial charge in [-0.2, -0.15) is 0 Å². The third-order valence-corrected chi connectivity index (χ3v) is 3.29. The predicted molar refractivity (Wildman–Crippen MR) is 62.7 cm³/mol. The maximum Gasteiger partial charge on any atom is 0.310 e. The number of rotatable bonds is 7. The summed E-state index contributed by atoms with van der Waals surface area (Å²) in [6, 6.07) is 0. The summed E-state index contributed by atoms with van der Waals surface area (Å²) >= 11 is 0. The van der Waals surface area contributed by atoms with Crippen LogP contribution in [-0.2, 0) is 14.3 Å². The van der Waals surface area contributed by atoms with E-state index in [2.05, 4.69) is 5.32 Å². The van der Waals surface area contributed by atoms with Gasteiger partial charge in [0, 0.05) is 19.6 Å². The average molecular weight is 243 g/mol. The Bertz CT molecular complexity index is 272. The molecule has 0 atom stereocenters. The fraction of sp³-hybridized carbons (Fsp3) is 0.833. The first-order chi connectivity index (χ1) is 8.10. The summed E-state index contributed by atoms with van der Waals surface area (Å²) in [7, 11) is 0. The summed E-state index contributed by atoms with van der Waals surface area (Å²) in [5.74, 6) is -1.02. The number of carbonyl (C=O) groups is 2. The molecule has 0 aromatic rings. The minimum atomic E-state index is -0.838. The van der Waals surface area contributed by atoms with Crippen molar-refractivity contribution in [3.05, 3.63) is 0 Å². The second-order valence-corrected chi connectivity index (χ2v) is 4.52. The van der Waals surface area contributed by atoms with Gasteiger partial charge in [0.25, 0.3) is 0 Å². The smallest absolute Gasteiger partial charge is 0.310 e. The lowest BCUT2D eigenvalue weighted by molar-refractivity contribution is -0.151. The average Bonchev–Trinajstić information content (AvgIpc) is 2.74. The Morgan fingerprint density at radius 1 is 1.35 bits per heavy atom. The van der Waals surface area contributed by atoms with Gasteiger partial charge in [0.2, 0.25) is 5.91 Å². The summed E-state index contributed by atoms with van der Waals surface area (Å²) in [6.45, 7) is 3.43. The topological polar surface area (TPSA) is 75.6 Å². The molecule has 5 nitrogen and oxygen atoms in total. The zero-order valence-electron chi connectivity index (χ0n) is 10.3. The van der Waals surface area contributed by atoms with Crippen molar-refractivity contribution in [1.29, 1.82) is 0 Å². The molecule has 0 spiro atoms. The fourth-order valence-electron chi connectivity index (χ4n) is 2.29. The molecule has 0 aliphatic heterocycles. The monoisotopic (exact) mass is 243 g/mol. The van der Waals surface area contributed by atoms with E-state index in [1.54, 1.807) is 0 Å². The maximum atomic E-state index is 11.6. The lowest BCUT2D eigenvalue weighted by atomic mass is 9.82. The summed E-state index contributed by atoms with van der Waals surface area (Å²) in [5, 5.41) is 11.9. The van der Waals surface area contributed by atoms with Crippen LogP contribution in [0.25, 0.3) is 0 Å². The highest BCUT2D eigenvalue weighted by Gasteiger charge is 2.42. The second kappa shape index (κ2) is 6.59. The zero-order chi connectivity index (χ0) is 12.7. The van der Waals surface area contributed by atoms with Gasteiger partial charge >= 0.3 is 5.97 Å². The molecule has 1 aliphatic rings. The van der Waals surface area contributed by atoms with Crippen molar-refractivity contribution in [1.82, 2.24) is 5.32 Å². The number of carbonyl (C=O) groups excluding carboxylic acids is 1. The summed E-state index contributed by atoms with van der Waals surface area (Å²) in [4.78, 5) is 22.9. The van der Waals surface area contributed by atoms with Crippen LogP contribution in [0.15, 0.2) is 0 Å². The highest BCUT2D eigenvalue weighted by molar-refractivity contribution is 5.85. The number of hydrogen-bond acceptors (Lipinski definition) is 3. The largest absolute Gasteiger partial charge is 0.481 e. The minimum absolute atomic E-state index is 0.0917. The van der Waals surface area contributed by atoms with Gasteiger partial charge in [0.15, 0.2) is 0 Å². The molecule has 1 fully saturated rings. The lowest BCUT2D eigenvalue weighted by Crippen LogP contribution is -2.36. The van der Waals surface area contributed by atoms with Crippen LogP contribution >= 0.6 is 0 Å². The number of amides is 1. The van der Waals surface area contributed by atoms with Gasteiger partial charge in [-0.1, -0.05) is 12.8 Å². The van der Waals surface area contributed by atoms with Crippen LogP contribution in [0.2, 0.25) is 0 Å². The van der Waals surface area contributed by atoms with Crippen LogP contribution in [0.3, 0.4) is 0 Å². The van der Waals surface area contributed by atoms with Crippen LogP contribution in [0.4, 0.5) is 0 Å². The number of nitrogens with one attached hydrogen (secondary N) is 1. The van der Waals surface area contributed by atoms with Gasteiger partial charge < -0.3 is 15.2 Å². The van der Waals surface area contributed by atoms with Crippen LogP contribution < -0.4 is 5.32 Å². The van der Waals surface area contributed by atoms with Crippen molar-refractivity contribution < 1.29 is 19.4 Å². The molecule has 2 N–H and O–H groups in total. The van der Waals surface area contributed by atoms with Crippen LogP contribution in [0.1, 0.15) is 39.0 Å². The molecule has 98 valence electrons. The van der Waals surface area contributed by atoms with Gasteiger partial charge in [-0.3, -0.25) is 9.59 Å². The number of hydrogen-bond donors (Lipinski definition) is 2. The Hall–Kier alpha value is -1.10. The van der Waals surface area contributed by atoms with E-state index in [9.17, 15) is 14.7 Å². The fourth-order valence-corrected chi connectivity index (χ4v) is 2.29. The molecule has 0 aromatic heterocycles. The Kier molecular flexibility index (Phi) is 5.41. The molecule has 1 rings (SSSR count). The van der Waals surface area contributed by atoms with E-state index in [4.69, 9.17) is 4.74 Å². The van der Waals surface area contributed by atoms with Crippen LogP contribution in [0.5, 0.6) is 0 Å². The Morgan fingerprint density at radius 2 is 2.00 bits per heavy atom. The SMILES string of the molecule is CCOCCNC(=O)CC1(C(=O)O)CCCC1. The third-order valence-electron chi connectivity index (χ3n) is 3.29. The Labute approximate surface area is 102 Å². The molecule has 0 aromatic carbocycles. The minimum Gasteiger partial charge on any atom is -0.481 e. The second-order valence-electron chi connectivity index (χ2n) is 4.52. The zero-order valence-corrected chi connectivity index (χ0v) is 10.3. The normalized spacial score (nSPS) is 17.9. The first-order valence-electron chi connectivity index (χ1n) is 6.18. The van der Waals surface area contributed by atoms with Crippen molar-refractivity contribution in [3.63, 3.8) is 0 Å². The summed E-state index contributed by atoms with van der Waals surface area (Å²) < 4.78 is 5.10. The van der Waals surface area contributed by atoms with Crippen molar-refractivity contribution >= 4 is 11.9 Å². The Balaban J connectivity index is 2.35. The van der Waals surface area contributed by atoms with Crippen molar-refractivity contribution in [2.45, 2.75) is 39.0 Å². The molecule has 1 amide bonds. The molecule has 0 saturated heterocycles. The number of carboxylic acid groups (broad SMARTS) is 1. The van der Waals surface area contributed by atoms with Crippen LogP contribution in [0, 0.1) is 5.41 Å². The quantitative estimate of drug-likeness (QED) is 0.658. The highest BCUT2D eigenvalue weighted by Crippen LogP contribution is 2.41. The van der Waals surface area contributed by atoms with Crippen molar-refractivity contribution in [2.75, 3.05) is 19.8 Å². The van der Waals surface area contributed by atoms with Crippen molar-refractivity contribution in [2.24, 2.45) is 5.41 Å². The molecule has 1 saturated carbocycles. The lowest BCUT2D eigenvalue weighted by Gasteiger charge is -2.22. The first-order valence-corrected chi connectivity index (χ1v) is 6.18. The highest BCUT2D eigenvalue weighted by atomic mass is 16.5. The predicted octanol–water partition coefficient (Wildman–Crippen LogP) is 1.17. The van der Waals surface area contributed by atoms with E-state index >= 15 is 0 Å². The van der Waals surface area contributed by atoms with Crippen LogP contribution in [-0.4, -0.2) is 36.7 Å². The third kappa shape index (κ3) is 4.00. The van der Waals surface area contributed by atoms with Crippen molar-refractivity contribution in [3.8, 4) is 0 Å². The number of ether oxygens (including phenoxy) is 1. The van der Waals surface area contributed by atoms with E-state index in [0.29, 0.717) is 32.6 Å². The molecular weight excluding hydrogens is 222 g/mol. The standard InChI is InChI=1S/C12H21NO4/c1-2-17-8-7-13-10(14)9-12(11(15)16)5-3-4-6-12/h2-9H2,1H3,(H,13,14)(H,15,16). The Morgan fingerprint density at radius 3 is 2.53 bits per heavy atom. The summed E-state index contributed by atoms with van der Waals surface area (Å²) in [6.07, 6.45) is 3.12. The number of carboxylic acids is 1. The molecule has 0 radical (unpaired) electrons. The van der Waals surface area contributed by atoms with Gasteiger partial charge in [-0.25, -0.2) is 0 Å².